The van der Waals surface area contributed by atoms with Crippen LogP contribution in [0, 0.1) is 18.7 Å². The summed E-state index contributed by atoms with van der Waals surface area (Å²) in [5.41, 5.74) is 0.576. The lowest BCUT2D eigenvalue weighted by Crippen LogP contribution is -2.29. The standard InChI is InChI=1S/C27H28FN3O5S/c1-5-35-21-14-18(8-11-20(21)36-13-12-15(2)3)23-22(24(32)17-6-9-19(28)10-7-17)25(33)26(34)31(23)27-30-29-16(4)37-27/h6-11,14-15,23,32H,5,12-13H2,1-4H3/b24-22+. The molecule has 0 spiro atoms. The number of hydrogen-bond donors (Lipinski definition) is 1. The molecule has 1 fully saturated rings. The van der Waals surface area contributed by atoms with Crippen molar-refractivity contribution in [1.82, 2.24) is 10.2 Å². The number of benzene rings is 2. The molecule has 3 aromatic rings. The second-order valence-electron chi connectivity index (χ2n) is 8.95. The molecule has 1 aliphatic heterocycles. The molecule has 1 N–H and O–H groups in total. The molecule has 1 atom stereocenters. The molecule has 0 saturated carbocycles. The third-order valence-electron chi connectivity index (χ3n) is 5.82. The molecular weight excluding hydrogens is 497 g/mol. The zero-order valence-corrected chi connectivity index (χ0v) is 21.8. The molecule has 8 nitrogen and oxygen atoms in total. The summed E-state index contributed by atoms with van der Waals surface area (Å²) in [5, 5.41) is 20.1. The van der Waals surface area contributed by atoms with Crippen molar-refractivity contribution in [3.63, 3.8) is 0 Å². The van der Waals surface area contributed by atoms with Gasteiger partial charge in [0.2, 0.25) is 5.13 Å². The molecule has 10 heteroatoms. The zero-order valence-electron chi connectivity index (χ0n) is 21.0. The molecule has 4 rings (SSSR count). The third-order valence-corrected chi connectivity index (χ3v) is 6.66. The third kappa shape index (κ3) is 5.48. The van der Waals surface area contributed by atoms with Crippen molar-refractivity contribution in [2.24, 2.45) is 5.92 Å². The molecule has 1 aliphatic rings. The second-order valence-corrected chi connectivity index (χ2v) is 10.1. The number of carbonyl (C=O) groups excluding carboxylic acids is 2. The van der Waals surface area contributed by atoms with E-state index in [9.17, 15) is 19.1 Å². The quantitative estimate of drug-likeness (QED) is 0.226. The van der Waals surface area contributed by atoms with Crippen LogP contribution in [0.2, 0.25) is 0 Å². The Labute approximate surface area is 218 Å². The maximum atomic E-state index is 13.5. The number of carbonyl (C=O) groups is 2. The van der Waals surface area contributed by atoms with E-state index >= 15 is 0 Å². The number of aryl methyl sites for hydroxylation is 1. The molecule has 194 valence electrons. The summed E-state index contributed by atoms with van der Waals surface area (Å²) in [6.45, 7) is 8.67. The van der Waals surface area contributed by atoms with Crippen LogP contribution in [0.5, 0.6) is 11.5 Å². The number of aromatic nitrogens is 2. The number of ether oxygens (including phenoxy) is 2. The highest BCUT2D eigenvalue weighted by Gasteiger charge is 2.48. The number of ketones is 1. The van der Waals surface area contributed by atoms with Crippen molar-refractivity contribution >= 4 is 33.9 Å². The molecular formula is C27H28FN3O5S. The van der Waals surface area contributed by atoms with Gasteiger partial charge in [0, 0.05) is 5.56 Å². The van der Waals surface area contributed by atoms with E-state index < -0.39 is 29.3 Å². The van der Waals surface area contributed by atoms with Gasteiger partial charge in [0.1, 0.15) is 16.6 Å². The number of halogens is 1. The Hall–Kier alpha value is -3.79. The molecule has 1 saturated heterocycles. The number of aliphatic hydroxyl groups excluding tert-OH is 1. The maximum absolute atomic E-state index is 13.5. The van der Waals surface area contributed by atoms with Crippen molar-refractivity contribution in [3.8, 4) is 11.5 Å². The number of aliphatic hydroxyl groups is 1. The monoisotopic (exact) mass is 525 g/mol. The summed E-state index contributed by atoms with van der Waals surface area (Å²) in [4.78, 5) is 27.7. The molecule has 0 bridgehead atoms. The van der Waals surface area contributed by atoms with Crippen LogP contribution in [-0.4, -0.2) is 40.2 Å². The van der Waals surface area contributed by atoms with Gasteiger partial charge < -0.3 is 14.6 Å². The number of hydrogen-bond acceptors (Lipinski definition) is 8. The summed E-state index contributed by atoms with van der Waals surface area (Å²) in [7, 11) is 0. The number of Topliss-reactive ketones (excluding diaryl/α,β-unsaturated/α-hetero) is 1. The largest absolute Gasteiger partial charge is 0.507 e. The predicted molar refractivity (Wildman–Crippen MR) is 138 cm³/mol. The van der Waals surface area contributed by atoms with Crippen LogP contribution in [0.3, 0.4) is 0 Å². The minimum atomic E-state index is -1.01. The van der Waals surface area contributed by atoms with Gasteiger partial charge in [-0.3, -0.25) is 14.5 Å². The highest BCUT2D eigenvalue weighted by atomic mass is 32.1. The van der Waals surface area contributed by atoms with Gasteiger partial charge in [0.05, 0.1) is 24.8 Å². The van der Waals surface area contributed by atoms with E-state index in [0.29, 0.717) is 41.2 Å². The van der Waals surface area contributed by atoms with Gasteiger partial charge in [0.25, 0.3) is 5.78 Å². The summed E-state index contributed by atoms with van der Waals surface area (Å²) in [6, 6.07) is 9.18. The highest BCUT2D eigenvalue weighted by molar-refractivity contribution is 7.15. The Bertz CT molecular complexity index is 1340. The van der Waals surface area contributed by atoms with E-state index in [1.165, 1.54) is 29.2 Å². The van der Waals surface area contributed by atoms with Crippen LogP contribution in [0.4, 0.5) is 9.52 Å². The summed E-state index contributed by atoms with van der Waals surface area (Å²) < 4.78 is 25.3. The van der Waals surface area contributed by atoms with Gasteiger partial charge in [-0.2, -0.15) is 0 Å². The number of nitrogens with zero attached hydrogens (tertiary/aromatic N) is 3. The fraction of sp³-hybridized carbons (Fsp3) is 0.333. The van der Waals surface area contributed by atoms with Crippen molar-refractivity contribution in [3.05, 3.63) is 70.0 Å². The van der Waals surface area contributed by atoms with Gasteiger partial charge >= 0.3 is 5.91 Å². The lowest BCUT2D eigenvalue weighted by molar-refractivity contribution is -0.132. The van der Waals surface area contributed by atoms with Gasteiger partial charge in [-0.25, -0.2) is 4.39 Å². The molecule has 0 radical (unpaired) electrons. The molecule has 1 aromatic heterocycles. The molecule has 2 heterocycles. The van der Waals surface area contributed by atoms with Crippen molar-refractivity contribution in [1.29, 1.82) is 0 Å². The molecule has 2 aromatic carbocycles. The average molecular weight is 526 g/mol. The average Bonchev–Trinajstić information content (AvgIpc) is 3.40. The first kappa shape index (κ1) is 26.3. The minimum Gasteiger partial charge on any atom is -0.507 e. The van der Waals surface area contributed by atoms with E-state index in [-0.39, 0.29) is 16.3 Å². The first-order chi connectivity index (χ1) is 17.7. The van der Waals surface area contributed by atoms with E-state index in [4.69, 9.17) is 9.47 Å². The number of anilines is 1. The van der Waals surface area contributed by atoms with E-state index in [2.05, 4.69) is 24.0 Å². The minimum absolute atomic E-state index is 0.139. The van der Waals surface area contributed by atoms with E-state index in [1.807, 2.05) is 6.92 Å². The van der Waals surface area contributed by atoms with Crippen molar-refractivity contribution < 1.29 is 28.6 Å². The van der Waals surface area contributed by atoms with Gasteiger partial charge in [-0.05, 0) is 68.1 Å². The number of amides is 1. The van der Waals surface area contributed by atoms with Gasteiger partial charge in [-0.15, -0.1) is 10.2 Å². The van der Waals surface area contributed by atoms with Gasteiger partial charge in [0.15, 0.2) is 11.5 Å². The smallest absolute Gasteiger partial charge is 0.301 e. The Kier molecular flexibility index (Phi) is 7.87. The van der Waals surface area contributed by atoms with Crippen LogP contribution in [0.1, 0.15) is 49.4 Å². The van der Waals surface area contributed by atoms with Crippen LogP contribution in [0.25, 0.3) is 5.76 Å². The molecule has 1 amide bonds. The topological polar surface area (TPSA) is 102 Å². The fourth-order valence-electron chi connectivity index (χ4n) is 3.98. The lowest BCUT2D eigenvalue weighted by Gasteiger charge is -2.23. The van der Waals surface area contributed by atoms with Crippen LogP contribution >= 0.6 is 11.3 Å². The van der Waals surface area contributed by atoms with Crippen LogP contribution in [-0.2, 0) is 9.59 Å². The first-order valence-electron chi connectivity index (χ1n) is 12.0. The Morgan fingerprint density at radius 3 is 2.46 bits per heavy atom. The zero-order chi connectivity index (χ0) is 26.7. The number of rotatable bonds is 9. The fourth-order valence-corrected chi connectivity index (χ4v) is 4.69. The highest BCUT2D eigenvalue weighted by Crippen LogP contribution is 2.44. The first-order valence-corrected chi connectivity index (χ1v) is 12.8. The molecule has 0 aliphatic carbocycles. The normalized spacial score (nSPS) is 17.0. The van der Waals surface area contributed by atoms with Crippen molar-refractivity contribution in [2.75, 3.05) is 18.1 Å². The molecule has 37 heavy (non-hydrogen) atoms. The van der Waals surface area contributed by atoms with E-state index in [1.54, 1.807) is 25.1 Å². The maximum Gasteiger partial charge on any atom is 0.301 e. The van der Waals surface area contributed by atoms with Crippen molar-refractivity contribution in [2.45, 2.75) is 40.2 Å². The Balaban J connectivity index is 1.85. The lowest BCUT2D eigenvalue weighted by atomic mass is 9.95. The van der Waals surface area contributed by atoms with Crippen LogP contribution < -0.4 is 14.4 Å². The van der Waals surface area contributed by atoms with Crippen LogP contribution in [0.15, 0.2) is 48.0 Å². The summed E-state index contributed by atoms with van der Waals surface area (Å²) in [5.74, 6) is -1.18. The second kappa shape index (κ2) is 11.1. The SMILES string of the molecule is CCOc1cc(C2/C(=C(\O)c3ccc(F)cc3)C(=O)C(=O)N2c2nnc(C)s2)ccc1OCCC(C)C. The predicted octanol–water partition coefficient (Wildman–Crippen LogP) is 5.44. The summed E-state index contributed by atoms with van der Waals surface area (Å²) >= 11 is 1.15. The Morgan fingerprint density at radius 2 is 1.84 bits per heavy atom. The summed E-state index contributed by atoms with van der Waals surface area (Å²) in [6.07, 6.45) is 0.863. The Morgan fingerprint density at radius 1 is 1.11 bits per heavy atom. The van der Waals surface area contributed by atoms with E-state index in [0.717, 1.165) is 17.8 Å². The van der Waals surface area contributed by atoms with Gasteiger partial charge in [-0.1, -0.05) is 31.3 Å². The molecule has 1 unspecified atom stereocenters.